The molecule has 1 aliphatic carbocycles. The molecule has 2 aromatic rings. The van der Waals surface area contributed by atoms with Crippen LogP contribution in [0.5, 0.6) is 5.75 Å². The minimum Gasteiger partial charge on any atom is -0.494 e. The van der Waals surface area contributed by atoms with Gasteiger partial charge in [0, 0.05) is 6.07 Å². The van der Waals surface area contributed by atoms with Gasteiger partial charge in [-0.3, -0.25) is 14.5 Å². The summed E-state index contributed by atoms with van der Waals surface area (Å²) in [6.45, 7) is 4.09. The molecule has 1 fully saturated rings. The lowest BCUT2D eigenvalue weighted by molar-refractivity contribution is -0.133. The Labute approximate surface area is 178 Å². The van der Waals surface area contributed by atoms with Crippen molar-refractivity contribution < 1.29 is 28.0 Å². The fraction of sp³-hybridized carbons (Fsp3) is 0.435. The number of hydrogen-bond donors (Lipinski definition) is 0. The molecular weight excluding hydrogens is 403 g/mol. The largest absolute Gasteiger partial charge is 0.494 e. The third-order valence-electron chi connectivity index (χ3n) is 6.13. The minimum absolute atomic E-state index is 0.0380. The van der Waals surface area contributed by atoms with Crippen molar-refractivity contribution in [1.29, 1.82) is 0 Å². The van der Waals surface area contributed by atoms with E-state index in [1.165, 1.54) is 4.90 Å². The average Bonchev–Trinajstić information content (AvgIpc) is 3.30. The van der Waals surface area contributed by atoms with Gasteiger partial charge in [0.25, 0.3) is 5.91 Å². The number of carbonyl (C=O) groups excluding carboxylic acids is 2. The highest BCUT2D eigenvalue weighted by Crippen LogP contribution is 2.48. The Bertz CT molecular complexity index is 1080. The van der Waals surface area contributed by atoms with E-state index in [9.17, 15) is 14.0 Å². The topological polar surface area (TPSA) is 81.9 Å². The SMILES string of the molecule is CCOc1cccc(C2C3=C(OC4CCC(F)CC4C3=O)C(=O)N2c2cc(C)on2)c1. The van der Waals surface area contributed by atoms with Crippen molar-refractivity contribution >= 4 is 17.5 Å². The molecule has 31 heavy (non-hydrogen) atoms. The van der Waals surface area contributed by atoms with E-state index >= 15 is 0 Å². The molecule has 162 valence electrons. The number of anilines is 1. The summed E-state index contributed by atoms with van der Waals surface area (Å²) < 4.78 is 31.0. The van der Waals surface area contributed by atoms with Crippen LogP contribution in [0, 0.1) is 12.8 Å². The van der Waals surface area contributed by atoms with Crippen LogP contribution in [0.1, 0.15) is 43.6 Å². The highest BCUT2D eigenvalue weighted by Gasteiger charge is 2.54. The van der Waals surface area contributed by atoms with E-state index in [0.717, 1.165) is 0 Å². The lowest BCUT2D eigenvalue weighted by Crippen LogP contribution is -2.42. The second-order valence-electron chi connectivity index (χ2n) is 8.16. The summed E-state index contributed by atoms with van der Waals surface area (Å²) in [6, 6.07) is 8.15. The van der Waals surface area contributed by atoms with Crippen LogP contribution in [0.3, 0.4) is 0 Å². The van der Waals surface area contributed by atoms with Gasteiger partial charge in [0.15, 0.2) is 17.4 Å². The van der Waals surface area contributed by atoms with Gasteiger partial charge in [0.2, 0.25) is 0 Å². The Morgan fingerprint density at radius 2 is 2.10 bits per heavy atom. The third kappa shape index (κ3) is 3.21. The van der Waals surface area contributed by atoms with Crippen molar-refractivity contribution in [2.45, 2.75) is 51.4 Å². The standard InChI is InChI=1S/C23H23FN2O5/c1-3-29-15-6-4-5-13(10-15)20-19-21(27)16-11-14(24)7-8-17(16)30-22(19)23(28)26(20)18-9-12(2)31-25-18/h4-6,9-10,14,16-17,20H,3,7-8,11H2,1-2H3. The lowest BCUT2D eigenvalue weighted by Gasteiger charge is -2.36. The average molecular weight is 426 g/mol. The van der Waals surface area contributed by atoms with Crippen LogP contribution in [0.4, 0.5) is 10.2 Å². The Balaban J connectivity index is 1.63. The molecule has 4 atom stereocenters. The molecule has 1 amide bonds. The zero-order chi connectivity index (χ0) is 21.7. The maximum absolute atomic E-state index is 14.1. The van der Waals surface area contributed by atoms with Gasteiger partial charge in [-0.15, -0.1) is 0 Å². The van der Waals surface area contributed by atoms with Crippen LogP contribution >= 0.6 is 0 Å². The number of ketones is 1. The van der Waals surface area contributed by atoms with E-state index in [4.69, 9.17) is 14.0 Å². The highest BCUT2D eigenvalue weighted by atomic mass is 19.1. The number of rotatable bonds is 4. The Morgan fingerprint density at radius 1 is 1.26 bits per heavy atom. The number of alkyl halides is 1. The molecule has 3 heterocycles. The number of nitrogens with zero attached hydrogens (tertiary/aromatic N) is 2. The molecule has 8 heteroatoms. The molecule has 1 saturated carbocycles. The number of amides is 1. The summed E-state index contributed by atoms with van der Waals surface area (Å²) in [4.78, 5) is 28.4. The van der Waals surface area contributed by atoms with Crippen molar-refractivity contribution in [1.82, 2.24) is 5.16 Å². The number of hydrogen-bond acceptors (Lipinski definition) is 6. The molecule has 0 bridgehead atoms. The fourth-order valence-corrected chi connectivity index (χ4v) is 4.78. The van der Waals surface area contributed by atoms with Crippen LogP contribution in [-0.2, 0) is 14.3 Å². The van der Waals surface area contributed by atoms with E-state index in [2.05, 4.69) is 5.16 Å². The lowest BCUT2D eigenvalue weighted by atomic mass is 9.77. The van der Waals surface area contributed by atoms with E-state index in [1.807, 2.05) is 25.1 Å². The fourth-order valence-electron chi connectivity index (χ4n) is 4.78. The zero-order valence-electron chi connectivity index (χ0n) is 17.3. The van der Waals surface area contributed by atoms with Crippen LogP contribution in [0.25, 0.3) is 0 Å². The summed E-state index contributed by atoms with van der Waals surface area (Å²) in [5.74, 6) is 0.243. The van der Waals surface area contributed by atoms with Crippen LogP contribution in [0.2, 0.25) is 0 Å². The number of fused-ring (bicyclic) bond motifs is 1. The van der Waals surface area contributed by atoms with Gasteiger partial charge in [-0.2, -0.15) is 0 Å². The Morgan fingerprint density at radius 3 is 2.84 bits per heavy atom. The first-order valence-corrected chi connectivity index (χ1v) is 10.6. The molecular formula is C23H23FN2O5. The molecule has 5 rings (SSSR count). The summed E-state index contributed by atoms with van der Waals surface area (Å²) in [5.41, 5.74) is 0.947. The quantitative estimate of drug-likeness (QED) is 0.739. The first-order chi connectivity index (χ1) is 15.0. The first-order valence-electron chi connectivity index (χ1n) is 10.6. The number of aryl methyl sites for hydroxylation is 1. The molecule has 0 N–H and O–H groups in total. The number of Topliss-reactive ketones (excluding diaryl/α,β-unsaturated/α-hetero) is 1. The number of benzene rings is 1. The molecule has 1 aromatic carbocycles. The number of aromatic nitrogens is 1. The van der Waals surface area contributed by atoms with Gasteiger partial charge >= 0.3 is 0 Å². The number of halogens is 1. The van der Waals surface area contributed by atoms with Crippen LogP contribution in [0.15, 0.2) is 46.2 Å². The second-order valence-corrected chi connectivity index (χ2v) is 8.16. The maximum Gasteiger partial charge on any atom is 0.295 e. The van der Waals surface area contributed by atoms with Crippen molar-refractivity contribution in [2.24, 2.45) is 5.92 Å². The second kappa shape index (κ2) is 7.51. The highest BCUT2D eigenvalue weighted by molar-refractivity contribution is 6.17. The number of ether oxygens (including phenoxy) is 2. The minimum atomic E-state index is -1.04. The van der Waals surface area contributed by atoms with Gasteiger partial charge < -0.3 is 14.0 Å². The molecule has 0 spiro atoms. The Kier molecular flexibility index (Phi) is 4.79. The van der Waals surface area contributed by atoms with Gasteiger partial charge in [-0.1, -0.05) is 17.3 Å². The maximum atomic E-state index is 14.1. The van der Waals surface area contributed by atoms with E-state index < -0.39 is 30.1 Å². The molecule has 0 saturated heterocycles. The van der Waals surface area contributed by atoms with Crippen molar-refractivity contribution in [3.63, 3.8) is 0 Å². The molecule has 7 nitrogen and oxygen atoms in total. The van der Waals surface area contributed by atoms with Gasteiger partial charge in [0.1, 0.15) is 23.8 Å². The third-order valence-corrected chi connectivity index (χ3v) is 6.13. The van der Waals surface area contributed by atoms with Gasteiger partial charge in [0.05, 0.1) is 24.1 Å². The molecule has 4 unspecified atom stereocenters. The van der Waals surface area contributed by atoms with Gasteiger partial charge in [-0.05, 0) is 50.8 Å². The molecule has 0 radical (unpaired) electrons. The molecule has 1 aromatic heterocycles. The summed E-state index contributed by atoms with van der Waals surface area (Å²) >= 11 is 0. The van der Waals surface area contributed by atoms with Crippen LogP contribution in [-0.4, -0.2) is 35.7 Å². The molecule has 2 aliphatic heterocycles. The van der Waals surface area contributed by atoms with Crippen molar-refractivity contribution in [3.8, 4) is 5.75 Å². The monoisotopic (exact) mass is 426 g/mol. The normalized spacial score (nSPS) is 27.8. The smallest absolute Gasteiger partial charge is 0.295 e. The van der Waals surface area contributed by atoms with E-state index in [-0.39, 0.29) is 23.5 Å². The van der Waals surface area contributed by atoms with Crippen molar-refractivity contribution in [2.75, 3.05) is 11.5 Å². The van der Waals surface area contributed by atoms with Crippen LogP contribution < -0.4 is 9.64 Å². The summed E-state index contributed by atoms with van der Waals surface area (Å²) in [5, 5.41) is 4.01. The predicted octanol–water partition coefficient (Wildman–Crippen LogP) is 3.83. The Hall–Kier alpha value is -3.16. The summed E-state index contributed by atoms with van der Waals surface area (Å²) in [6.07, 6.45) is -0.658. The van der Waals surface area contributed by atoms with Gasteiger partial charge in [-0.25, -0.2) is 4.39 Å². The zero-order valence-corrected chi connectivity index (χ0v) is 17.3. The van der Waals surface area contributed by atoms with E-state index in [1.54, 1.807) is 19.1 Å². The number of carbonyl (C=O) groups is 2. The van der Waals surface area contributed by atoms with Crippen molar-refractivity contribution in [3.05, 3.63) is 53.0 Å². The predicted molar refractivity (Wildman–Crippen MR) is 108 cm³/mol. The first kappa shape index (κ1) is 19.8. The van der Waals surface area contributed by atoms with E-state index in [0.29, 0.717) is 42.3 Å². The summed E-state index contributed by atoms with van der Waals surface area (Å²) in [7, 11) is 0. The molecule has 3 aliphatic rings.